The number of hydrogen-bond acceptors (Lipinski definition) is 8. The summed E-state index contributed by atoms with van der Waals surface area (Å²) in [6.45, 7) is 0. The molecule has 0 aliphatic carbocycles. The molecule has 0 saturated carbocycles. The van der Waals surface area contributed by atoms with E-state index in [-0.39, 0.29) is 31.7 Å². The highest BCUT2D eigenvalue weighted by Gasteiger charge is 2.24. The predicted molar refractivity (Wildman–Crippen MR) is 154 cm³/mol. The minimum atomic E-state index is -4.06. The fourth-order valence-corrected chi connectivity index (χ4v) is 5.62. The topological polar surface area (TPSA) is 149 Å². The van der Waals surface area contributed by atoms with Gasteiger partial charge < -0.3 is 14.6 Å². The molecule has 2 aromatic carbocycles. The Kier molecular flexibility index (Phi) is 7.27. The van der Waals surface area contributed by atoms with Crippen LogP contribution >= 0.6 is 23.2 Å². The lowest BCUT2D eigenvalue weighted by Gasteiger charge is -2.11. The minimum Gasteiger partial charge on any atom is -0.481 e. The monoisotopic (exact) mass is 599 g/mol. The molecule has 3 aromatic heterocycles. The van der Waals surface area contributed by atoms with Crippen molar-refractivity contribution in [2.75, 3.05) is 26.1 Å². The number of nitrogens with one attached hydrogen (secondary N) is 1. The Hall–Kier alpha value is -3.97. The third-order valence-electron chi connectivity index (χ3n) is 6.12. The van der Waals surface area contributed by atoms with Gasteiger partial charge in [0.1, 0.15) is 16.9 Å². The molecule has 0 spiro atoms. The van der Waals surface area contributed by atoms with E-state index < -0.39 is 15.6 Å². The molecule has 0 unspecified atom stereocenters. The Balaban J connectivity index is 1.59. The van der Waals surface area contributed by atoms with E-state index in [4.69, 9.17) is 38.1 Å². The van der Waals surface area contributed by atoms with Crippen LogP contribution in [0.25, 0.3) is 27.8 Å². The molecule has 0 fully saturated rings. The van der Waals surface area contributed by atoms with E-state index in [1.165, 1.54) is 16.8 Å². The summed E-state index contributed by atoms with van der Waals surface area (Å²) >= 11 is 12.9. The van der Waals surface area contributed by atoms with Gasteiger partial charge in [-0.05, 0) is 35.4 Å². The van der Waals surface area contributed by atoms with Gasteiger partial charge in [0, 0.05) is 32.3 Å². The second kappa shape index (κ2) is 10.5. The number of ether oxygens (including phenoxy) is 1. The van der Waals surface area contributed by atoms with Crippen LogP contribution < -0.4 is 20.3 Å². The highest BCUT2D eigenvalue weighted by molar-refractivity contribution is 7.89. The van der Waals surface area contributed by atoms with Crippen molar-refractivity contribution >= 4 is 50.1 Å². The first-order valence-electron chi connectivity index (χ1n) is 11.8. The number of pyridine rings is 1. The Morgan fingerprint density at radius 3 is 2.38 bits per heavy atom. The van der Waals surface area contributed by atoms with Gasteiger partial charge in [-0.15, -0.1) is 5.10 Å². The summed E-state index contributed by atoms with van der Waals surface area (Å²) in [5, 5.41) is 9.94. The van der Waals surface area contributed by atoms with Crippen LogP contribution in [0.4, 0.5) is 5.82 Å². The molecule has 0 aliphatic rings. The van der Waals surface area contributed by atoms with Gasteiger partial charge in [0.05, 0.1) is 22.1 Å². The molecule has 0 atom stereocenters. The largest absolute Gasteiger partial charge is 0.481 e. The maximum absolute atomic E-state index is 13.3. The van der Waals surface area contributed by atoms with Gasteiger partial charge in [0.25, 0.3) is 5.56 Å². The fourth-order valence-electron chi connectivity index (χ4n) is 4.28. The maximum atomic E-state index is 13.3. The zero-order valence-corrected chi connectivity index (χ0v) is 23.8. The van der Waals surface area contributed by atoms with Gasteiger partial charge in [0.15, 0.2) is 11.5 Å². The summed E-state index contributed by atoms with van der Waals surface area (Å²) in [5.74, 6) is 1.22. The second-order valence-electron chi connectivity index (χ2n) is 9.06. The Morgan fingerprint density at radius 1 is 1.10 bits per heavy atom. The Labute approximate surface area is 239 Å². The number of anilines is 1. The predicted octanol–water partition coefficient (Wildman–Crippen LogP) is 3.79. The number of primary sulfonamides is 1. The van der Waals surface area contributed by atoms with Crippen molar-refractivity contribution in [3.8, 4) is 22.7 Å². The summed E-state index contributed by atoms with van der Waals surface area (Å²) in [7, 11) is 0.966. The van der Waals surface area contributed by atoms with Crippen LogP contribution in [-0.2, 0) is 16.4 Å². The molecule has 40 heavy (non-hydrogen) atoms. The molecule has 5 aromatic rings. The van der Waals surface area contributed by atoms with Crippen molar-refractivity contribution < 1.29 is 13.2 Å². The molecule has 5 rings (SSSR count). The van der Waals surface area contributed by atoms with Crippen molar-refractivity contribution in [2.24, 2.45) is 5.14 Å². The number of nitrogens with two attached hydrogens (primary N) is 1. The number of halogens is 2. The third-order valence-corrected chi connectivity index (χ3v) is 7.59. The van der Waals surface area contributed by atoms with E-state index in [0.717, 1.165) is 16.7 Å². The number of methoxy groups -OCH3 is 1. The number of sulfonamides is 1. The molecular formula is C26H23Cl2N7O4S. The van der Waals surface area contributed by atoms with Crippen LogP contribution in [0.1, 0.15) is 11.4 Å². The van der Waals surface area contributed by atoms with E-state index in [1.807, 2.05) is 36.4 Å². The molecule has 3 N–H and O–H groups in total. The third kappa shape index (κ3) is 5.13. The van der Waals surface area contributed by atoms with Crippen molar-refractivity contribution in [1.82, 2.24) is 24.7 Å². The van der Waals surface area contributed by atoms with Crippen molar-refractivity contribution in [1.29, 1.82) is 0 Å². The molecule has 0 amide bonds. The smallest absolute Gasteiger partial charge is 0.264 e. The molecular weight excluding hydrogens is 577 g/mol. The maximum Gasteiger partial charge on any atom is 0.264 e. The van der Waals surface area contributed by atoms with Crippen LogP contribution in [-0.4, -0.2) is 54.4 Å². The van der Waals surface area contributed by atoms with Gasteiger partial charge >= 0.3 is 0 Å². The molecule has 0 saturated heterocycles. The van der Waals surface area contributed by atoms with Gasteiger partial charge in [-0.1, -0.05) is 47.5 Å². The first kappa shape index (κ1) is 27.6. The van der Waals surface area contributed by atoms with Gasteiger partial charge in [-0.2, -0.15) is 0 Å². The molecule has 11 nitrogen and oxygen atoms in total. The molecule has 14 heteroatoms. The lowest BCUT2D eigenvalue weighted by molar-refractivity contribution is 0.399. The highest BCUT2D eigenvalue weighted by Crippen LogP contribution is 2.35. The average Bonchev–Trinajstić information content (AvgIpc) is 3.28. The van der Waals surface area contributed by atoms with Crippen molar-refractivity contribution in [3.63, 3.8) is 0 Å². The number of benzene rings is 2. The van der Waals surface area contributed by atoms with Crippen molar-refractivity contribution in [2.45, 2.75) is 11.3 Å². The highest BCUT2D eigenvalue weighted by atomic mass is 35.5. The first-order valence-corrected chi connectivity index (χ1v) is 14.1. The van der Waals surface area contributed by atoms with E-state index in [2.05, 4.69) is 15.1 Å². The van der Waals surface area contributed by atoms with Crippen LogP contribution in [0, 0.1) is 0 Å². The number of hydrogen-bond donors (Lipinski definition) is 2. The summed E-state index contributed by atoms with van der Waals surface area (Å²) in [4.78, 5) is 26.4. The minimum absolute atomic E-state index is 0.0312. The Bertz CT molecular complexity index is 1900. The van der Waals surface area contributed by atoms with Crippen molar-refractivity contribution in [3.05, 3.63) is 86.5 Å². The summed E-state index contributed by atoms with van der Waals surface area (Å²) in [5.41, 5.74) is 2.62. The Morgan fingerprint density at radius 2 is 1.77 bits per heavy atom. The number of nitrogens with zero attached hydrogens (tertiary/aromatic N) is 5. The van der Waals surface area contributed by atoms with Crippen LogP contribution in [0.15, 0.2) is 64.4 Å². The number of aromatic nitrogens is 5. The zero-order valence-electron chi connectivity index (χ0n) is 21.5. The van der Waals surface area contributed by atoms with Crippen LogP contribution in [0.3, 0.4) is 0 Å². The fraction of sp³-hybridized carbons (Fsp3) is 0.154. The molecule has 3 heterocycles. The van der Waals surface area contributed by atoms with Crippen LogP contribution in [0.2, 0.25) is 10.0 Å². The van der Waals surface area contributed by atoms with E-state index in [9.17, 15) is 13.2 Å². The number of rotatable bonds is 7. The summed E-state index contributed by atoms with van der Waals surface area (Å²) in [6.07, 6.45) is 1.97. The number of H-pyrrole nitrogens is 1. The van der Waals surface area contributed by atoms with Crippen LogP contribution in [0.5, 0.6) is 5.88 Å². The van der Waals surface area contributed by atoms with Gasteiger partial charge in [-0.25, -0.2) is 28.2 Å². The normalized spacial score (nSPS) is 11.7. The lowest BCUT2D eigenvalue weighted by atomic mass is 10.0. The average molecular weight is 600 g/mol. The van der Waals surface area contributed by atoms with Gasteiger partial charge in [-0.3, -0.25) is 4.79 Å². The summed E-state index contributed by atoms with van der Waals surface area (Å²) in [6, 6.07) is 13.8. The number of aromatic amines is 1. The SMILES string of the molecule is COc1ncccc1-c1ccc(Cc2nc3c(c(N(C)C)nn3-c3c(Cl)cc(S(N)(=O)=O)cc3Cl)c(=O)[nH]2)cc1. The summed E-state index contributed by atoms with van der Waals surface area (Å²) < 4.78 is 30.4. The molecule has 206 valence electrons. The van der Waals surface area contributed by atoms with E-state index in [1.54, 1.807) is 32.3 Å². The molecule has 0 bridgehead atoms. The van der Waals surface area contributed by atoms with E-state index in [0.29, 0.717) is 23.9 Å². The lowest BCUT2D eigenvalue weighted by Crippen LogP contribution is -2.16. The van der Waals surface area contributed by atoms with Gasteiger partial charge in [0.2, 0.25) is 15.9 Å². The zero-order chi connectivity index (χ0) is 28.8. The quantitative estimate of drug-likeness (QED) is 0.287. The molecule has 0 aliphatic heterocycles. The number of fused-ring (bicyclic) bond motifs is 1. The van der Waals surface area contributed by atoms with E-state index >= 15 is 0 Å². The standard InChI is InChI=1S/C26H23Cl2N7O4S/c1-34(2)24-21-23(35(33-24)22-18(27)12-16(13-19(22)28)40(29,37)38)31-20(32-25(21)36)11-14-6-8-15(9-7-14)17-5-4-10-30-26(17)39-3/h4-10,12-13H,11H2,1-3H3,(H2,29,37,38)(H,31,32,36). The first-order chi connectivity index (χ1) is 19.0. The molecule has 0 radical (unpaired) electrons. The second-order valence-corrected chi connectivity index (χ2v) is 11.4.